The summed E-state index contributed by atoms with van der Waals surface area (Å²) in [4.78, 5) is 22.2. The van der Waals surface area contributed by atoms with Gasteiger partial charge >= 0.3 is 11.9 Å². The molecule has 1 aromatic carbocycles. The normalized spacial score (nSPS) is 28.4. The Kier molecular flexibility index (Phi) is 13.7. The lowest BCUT2D eigenvalue weighted by molar-refractivity contribution is -0.157. The molecule has 2 fully saturated rings. The maximum atomic E-state index is 11.8. The minimum Gasteiger partial charge on any atom is -0.508 e. The predicted octanol–water partition coefficient (Wildman–Crippen LogP) is 10.3. The summed E-state index contributed by atoms with van der Waals surface area (Å²) in [6.45, 7) is 4.24. The summed E-state index contributed by atoms with van der Waals surface area (Å²) in [6, 6.07) is 5.95. The number of carbonyl (C=O) groups excluding carboxylic acids is 1. The molecule has 5 nitrogen and oxygen atoms in total. The van der Waals surface area contributed by atoms with Gasteiger partial charge in [-0.1, -0.05) is 89.9 Å². The number of carboxylic acids is 1. The van der Waals surface area contributed by atoms with Gasteiger partial charge in [0.25, 0.3) is 0 Å². The Morgan fingerprint density at radius 2 is 1.61 bits per heavy atom. The monoisotopic (exact) mass is 608 g/mol. The van der Waals surface area contributed by atoms with Crippen LogP contribution in [0.5, 0.6) is 5.75 Å². The molecule has 5 rings (SSSR count). The Hall–Kier alpha value is -2.30. The van der Waals surface area contributed by atoms with Gasteiger partial charge in [-0.15, -0.1) is 0 Å². The van der Waals surface area contributed by atoms with E-state index in [0.29, 0.717) is 36.3 Å². The highest BCUT2D eigenvalue weighted by Crippen LogP contribution is 2.61. The van der Waals surface area contributed by atoms with E-state index in [1.807, 2.05) is 19.1 Å². The van der Waals surface area contributed by atoms with Crippen LogP contribution in [0.1, 0.15) is 159 Å². The van der Waals surface area contributed by atoms with Gasteiger partial charge in [0.15, 0.2) is 0 Å². The zero-order chi connectivity index (χ0) is 31.4. The first kappa shape index (κ1) is 34.6. The molecule has 0 heterocycles. The molecule has 4 aliphatic carbocycles. The van der Waals surface area contributed by atoms with Crippen molar-refractivity contribution in [3.63, 3.8) is 0 Å². The number of aliphatic carboxylic acids is 1. The summed E-state index contributed by atoms with van der Waals surface area (Å²) in [5.74, 6) is 2.56. The van der Waals surface area contributed by atoms with Crippen LogP contribution in [0.25, 0.3) is 0 Å². The molecular weight excluding hydrogens is 548 g/mol. The molecular formula is C39H60O5. The fourth-order valence-electron chi connectivity index (χ4n) is 8.99. The molecule has 2 N–H and O–H groups in total. The van der Waals surface area contributed by atoms with Crippen molar-refractivity contribution in [1.82, 2.24) is 0 Å². The minimum atomic E-state index is -0.655. The Morgan fingerprint density at radius 1 is 0.909 bits per heavy atom. The molecule has 6 atom stereocenters. The third-order valence-corrected chi connectivity index (χ3v) is 11.5. The third-order valence-electron chi connectivity index (χ3n) is 11.5. The molecule has 1 aromatic rings. The van der Waals surface area contributed by atoms with Gasteiger partial charge in [-0.25, -0.2) is 0 Å². The zero-order valence-corrected chi connectivity index (χ0v) is 27.7. The van der Waals surface area contributed by atoms with Crippen LogP contribution in [0, 0.1) is 23.2 Å². The largest absolute Gasteiger partial charge is 0.508 e. The number of carboxylic acid groups (broad SMARTS) is 1. The van der Waals surface area contributed by atoms with Crippen LogP contribution in [-0.4, -0.2) is 28.3 Å². The number of aryl methyl sites for hydroxylation is 1. The van der Waals surface area contributed by atoms with Crippen molar-refractivity contribution >= 4 is 11.9 Å². The highest BCUT2D eigenvalue weighted by atomic mass is 16.5. The molecule has 0 radical (unpaired) electrons. The lowest BCUT2D eigenvalue weighted by Gasteiger charge is -2.50. The number of aromatic hydroxyl groups is 1. The van der Waals surface area contributed by atoms with E-state index in [1.54, 1.807) is 0 Å². The van der Waals surface area contributed by atoms with E-state index in [2.05, 4.69) is 25.1 Å². The van der Waals surface area contributed by atoms with Crippen molar-refractivity contribution in [2.45, 2.75) is 161 Å². The number of rotatable bonds is 15. The fraction of sp³-hybridized carbons (Fsp3) is 0.744. The van der Waals surface area contributed by atoms with Gasteiger partial charge in [-0.05, 0) is 111 Å². The molecule has 0 spiro atoms. The number of hydrogen-bond donors (Lipinski definition) is 2. The van der Waals surface area contributed by atoms with Crippen molar-refractivity contribution in [3.8, 4) is 5.75 Å². The van der Waals surface area contributed by atoms with E-state index in [9.17, 15) is 14.7 Å². The van der Waals surface area contributed by atoms with Gasteiger partial charge in [0, 0.05) is 18.3 Å². The van der Waals surface area contributed by atoms with Gasteiger partial charge in [0.2, 0.25) is 0 Å². The Bertz CT molecular complexity index is 1080. The van der Waals surface area contributed by atoms with Crippen LogP contribution in [0.2, 0.25) is 0 Å². The molecule has 0 saturated heterocycles. The first-order valence-corrected chi connectivity index (χ1v) is 18.2. The minimum absolute atomic E-state index is 0.0477. The molecule has 0 amide bonds. The highest BCUT2D eigenvalue weighted by molar-refractivity contribution is 5.69. The van der Waals surface area contributed by atoms with Crippen LogP contribution < -0.4 is 0 Å². The number of unbranched alkanes of at least 4 members (excludes halogenated alkanes) is 9. The predicted molar refractivity (Wildman–Crippen MR) is 178 cm³/mol. The smallest absolute Gasteiger partial charge is 0.305 e. The van der Waals surface area contributed by atoms with Crippen molar-refractivity contribution in [3.05, 3.63) is 41.5 Å². The summed E-state index contributed by atoms with van der Waals surface area (Å²) in [5, 5.41) is 18.3. The molecule has 5 heteroatoms. The van der Waals surface area contributed by atoms with Crippen LogP contribution in [-0.2, 0) is 20.7 Å². The summed E-state index contributed by atoms with van der Waals surface area (Å²) < 4.78 is 5.83. The third kappa shape index (κ3) is 9.60. The summed E-state index contributed by atoms with van der Waals surface area (Å²) >= 11 is 0. The molecule has 44 heavy (non-hydrogen) atoms. The van der Waals surface area contributed by atoms with Crippen LogP contribution in [0.4, 0.5) is 0 Å². The molecule has 0 bridgehead atoms. The van der Waals surface area contributed by atoms with Crippen molar-refractivity contribution in [2.75, 3.05) is 0 Å². The average Bonchev–Trinajstić information content (AvgIpc) is 3.65. The summed E-state index contributed by atoms with van der Waals surface area (Å²) in [7, 11) is 0. The van der Waals surface area contributed by atoms with Crippen molar-refractivity contribution in [1.29, 1.82) is 0 Å². The van der Waals surface area contributed by atoms with E-state index in [0.717, 1.165) is 38.0 Å². The lowest BCUT2D eigenvalue weighted by atomic mass is 9.55. The maximum absolute atomic E-state index is 11.8. The number of benzene rings is 1. The quantitative estimate of drug-likeness (QED) is 0.118. The fourth-order valence-corrected chi connectivity index (χ4v) is 8.99. The van der Waals surface area contributed by atoms with Gasteiger partial charge in [0.05, 0.1) is 0 Å². The molecule has 0 aliphatic heterocycles. The second kappa shape index (κ2) is 17.4. The number of fused-ring (bicyclic) bond motifs is 5. The van der Waals surface area contributed by atoms with E-state index in [-0.39, 0.29) is 17.5 Å². The van der Waals surface area contributed by atoms with Crippen LogP contribution in [0.15, 0.2) is 30.4 Å². The Labute approximate surface area is 267 Å². The first-order chi connectivity index (χ1) is 21.3. The molecule has 6 unspecified atom stereocenters. The maximum Gasteiger partial charge on any atom is 0.305 e. The van der Waals surface area contributed by atoms with E-state index < -0.39 is 5.97 Å². The number of phenolic OH excluding ortho intramolecular Hbond substituents is 1. The standard InChI is InChI=1S/C21H28O3.C18H32O2/c1-3-20(23)24-19-9-8-18-17-6-4-13-12-14(22)5-7-15(13)16(17)10-11-21(18,19)2;19-18(20)16-10-8-6-4-2-1-3-5-7-9-13-17-14-11-12-15-17/h5,7,12,16-19,22H,3-4,6,8-11H2,1-2H3;11,14,17H,1-10,12-13,15-16H2,(H,19,20). The van der Waals surface area contributed by atoms with E-state index in [1.165, 1.54) is 101 Å². The number of hydrogen-bond acceptors (Lipinski definition) is 4. The van der Waals surface area contributed by atoms with Crippen molar-refractivity contribution < 1.29 is 24.5 Å². The number of phenols is 1. The Morgan fingerprint density at radius 3 is 2.27 bits per heavy atom. The Balaban J connectivity index is 0.000000205. The second-order valence-corrected chi connectivity index (χ2v) is 14.5. The topological polar surface area (TPSA) is 83.8 Å². The van der Waals surface area contributed by atoms with Gasteiger partial charge in [0.1, 0.15) is 11.9 Å². The molecule has 0 aromatic heterocycles. The summed E-state index contributed by atoms with van der Waals surface area (Å²) in [5.41, 5.74) is 2.95. The number of ether oxygens (including phenoxy) is 1. The molecule has 246 valence electrons. The van der Waals surface area contributed by atoms with E-state index >= 15 is 0 Å². The number of carbonyl (C=O) groups is 2. The van der Waals surface area contributed by atoms with Gasteiger partial charge < -0.3 is 14.9 Å². The lowest BCUT2D eigenvalue weighted by Crippen LogP contribution is -2.45. The zero-order valence-electron chi connectivity index (χ0n) is 27.7. The van der Waals surface area contributed by atoms with Crippen LogP contribution in [0.3, 0.4) is 0 Å². The SMILES string of the molecule is CCC(=O)OC1CCC2C3CCc4cc(O)ccc4C3CCC12C.O=C(O)CCCCCCCCCCCCC1C=CCC1. The van der Waals surface area contributed by atoms with Gasteiger partial charge in [-0.2, -0.15) is 0 Å². The van der Waals surface area contributed by atoms with Crippen LogP contribution >= 0.6 is 0 Å². The number of esters is 1. The van der Waals surface area contributed by atoms with Crippen molar-refractivity contribution in [2.24, 2.45) is 23.2 Å². The van der Waals surface area contributed by atoms with E-state index in [4.69, 9.17) is 9.84 Å². The second-order valence-electron chi connectivity index (χ2n) is 14.5. The van der Waals surface area contributed by atoms with Gasteiger partial charge in [-0.3, -0.25) is 9.59 Å². The highest BCUT2D eigenvalue weighted by Gasteiger charge is 2.56. The summed E-state index contributed by atoms with van der Waals surface area (Å²) in [6.07, 6.45) is 29.3. The number of allylic oxidation sites excluding steroid dienone is 2. The first-order valence-electron chi connectivity index (χ1n) is 18.2. The molecule has 4 aliphatic rings. The molecule has 2 saturated carbocycles. The average molecular weight is 609 g/mol.